The second-order valence-electron chi connectivity index (χ2n) is 6.37. The van der Waals surface area contributed by atoms with Crippen molar-refractivity contribution in [1.82, 2.24) is 15.5 Å². The molecule has 2 aliphatic rings. The Morgan fingerprint density at radius 1 is 1.38 bits per heavy atom. The molecule has 1 amide bonds. The van der Waals surface area contributed by atoms with Gasteiger partial charge < -0.3 is 10.6 Å². The summed E-state index contributed by atoms with van der Waals surface area (Å²) in [6.45, 7) is 5.37. The molecule has 5 nitrogen and oxygen atoms in total. The van der Waals surface area contributed by atoms with Gasteiger partial charge >= 0.3 is 0 Å². The van der Waals surface area contributed by atoms with Crippen molar-refractivity contribution >= 4 is 5.91 Å². The molecular formula is C16H28N4O. The molecule has 1 saturated carbocycles. The molecule has 0 aromatic rings. The van der Waals surface area contributed by atoms with E-state index in [1.54, 1.807) is 0 Å². The minimum atomic E-state index is -0.624. The predicted molar refractivity (Wildman–Crippen MR) is 82.7 cm³/mol. The van der Waals surface area contributed by atoms with E-state index in [-0.39, 0.29) is 5.91 Å². The van der Waals surface area contributed by atoms with Crippen molar-refractivity contribution < 1.29 is 4.79 Å². The van der Waals surface area contributed by atoms with Gasteiger partial charge in [0.25, 0.3) is 0 Å². The molecule has 2 rings (SSSR count). The van der Waals surface area contributed by atoms with Crippen molar-refractivity contribution in [1.29, 1.82) is 5.26 Å². The van der Waals surface area contributed by atoms with Gasteiger partial charge in [-0.05, 0) is 32.4 Å². The number of hydrogen-bond acceptors (Lipinski definition) is 4. The number of likely N-dealkylation sites (N-methyl/N-ethyl adjacent to an activating group) is 1. The molecule has 2 N–H and O–H groups in total. The lowest BCUT2D eigenvalue weighted by Gasteiger charge is -2.30. The third-order valence-electron chi connectivity index (χ3n) is 4.85. The first-order chi connectivity index (χ1) is 10.2. The second-order valence-corrected chi connectivity index (χ2v) is 6.37. The largest absolute Gasteiger partial charge is 0.337 e. The molecule has 1 heterocycles. The summed E-state index contributed by atoms with van der Waals surface area (Å²) in [5.41, 5.74) is -0.624. The van der Waals surface area contributed by atoms with Gasteiger partial charge in [-0.2, -0.15) is 5.26 Å². The maximum atomic E-state index is 12.4. The molecule has 0 bridgehead atoms. The minimum Gasteiger partial charge on any atom is -0.337 e. The molecule has 1 unspecified atom stereocenters. The van der Waals surface area contributed by atoms with Gasteiger partial charge in [0.2, 0.25) is 5.91 Å². The zero-order chi connectivity index (χ0) is 15.1. The number of hydrogen-bond donors (Lipinski definition) is 2. The zero-order valence-electron chi connectivity index (χ0n) is 13.2. The fourth-order valence-corrected chi connectivity index (χ4v) is 3.54. The molecular weight excluding hydrogens is 264 g/mol. The molecule has 5 heteroatoms. The highest BCUT2D eigenvalue weighted by molar-refractivity contribution is 5.79. The Morgan fingerprint density at radius 2 is 2.10 bits per heavy atom. The lowest BCUT2D eigenvalue weighted by Crippen LogP contribution is -2.52. The fourth-order valence-electron chi connectivity index (χ4n) is 3.54. The summed E-state index contributed by atoms with van der Waals surface area (Å²) in [5.74, 6) is 0.00667. The highest BCUT2D eigenvalue weighted by Crippen LogP contribution is 2.26. The van der Waals surface area contributed by atoms with Gasteiger partial charge in [0, 0.05) is 12.6 Å². The molecule has 1 saturated heterocycles. The number of nitrogens with zero attached hydrogens (tertiary/aromatic N) is 2. The normalized spacial score (nSPS) is 25.3. The van der Waals surface area contributed by atoms with Gasteiger partial charge in [0.05, 0.1) is 12.6 Å². The Labute approximate surface area is 128 Å². The van der Waals surface area contributed by atoms with Crippen LogP contribution in [0.15, 0.2) is 0 Å². The maximum absolute atomic E-state index is 12.4. The molecule has 1 aliphatic heterocycles. The average molecular weight is 292 g/mol. The first-order valence-corrected chi connectivity index (χ1v) is 8.36. The monoisotopic (exact) mass is 292 g/mol. The van der Waals surface area contributed by atoms with Crippen molar-refractivity contribution in [3.05, 3.63) is 0 Å². The Bertz CT molecular complexity index is 376. The van der Waals surface area contributed by atoms with Gasteiger partial charge in [0.15, 0.2) is 0 Å². The lowest BCUT2D eigenvalue weighted by atomic mass is 9.92. The summed E-state index contributed by atoms with van der Waals surface area (Å²) < 4.78 is 0. The van der Waals surface area contributed by atoms with Crippen molar-refractivity contribution in [3.63, 3.8) is 0 Å². The standard InChI is InChI=1S/C16H28N4O/c1-2-20(14-7-10-18-11-14)12-15(21)19-16(13-17)8-5-3-4-6-9-16/h14,18H,2-12H2,1H3,(H,19,21). The van der Waals surface area contributed by atoms with Gasteiger partial charge in [-0.25, -0.2) is 0 Å². The van der Waals surface area contributed by atoms with Crippen LogP contribution in [0.1, 0.15) is 51.9 Å². The lowest BCUT2D eigenvalue weighted by molar-refractivity contribution is -0.124. The average Bonchev–Trinajstić information content (AvgIpc) is 2.92. The number of nitriles is 1. The summed E-state index contributed by atoms with van der Waals surface area (Å²) in [5, 5.41) is 15.9. The van der Waals surface area contributed by atoms with Crippen LogP contribution >= 0.6 is 0 Å². The SMILES string of the molecule is CCN(CC(=O)NC1(C#N)CCCCCC1)C1CCNC1. The summed E-state index contributed by atoms with van der Waals surface area (Å²) in [7, 11) is 0. The van der Waals surface area contributed by atoms with E-state index in [1.165, 1.54) is 12.8 Å². The minimum absolute atomic E-state index is 0.00667. The van der Waals surface area contributed by atoms with Gasteiger partial charge in [-0.1, -0.05) is 32.6 Å². The molecule has 0 radical (unpaired) electrons. The molecule has 1 atom stereocenters. The molecule has 2 fully saturated rings. The number of amides is 1. The first-order valence-electron chi connectivity index (χ1n) is 8.36. The molecule has 0 aromatic heterocycles. The second kappa shape index (κ2) is 7.77. The number of nitrogens with one attached hydrogen (secondary N) is 2. The Kier molecular flexibility index (Phi) is 6.01. The third kappa shape index (κ3) is 4.42. The summed E-state index contributed by atoms with van der Waals surface area (Å²) in [4.78, 5) is 14.6. The van der Waals surface area contributed by atoms with E-state index in [0.29, 0.717) is 12.6 Å². The summed E-state index contributed by atoms with van der Waals surface area (Å²) in [6, 6.07) is 2.84. The van der Waals surface area contributed by atoms with E-state index >= 15 is 0 Å². The highest BCUT2D eigenvalue weighted by Gasteiger charge is 2.33. The molecule has 0 spiro atoms. The van der Waals surface area contributed by atoms with Crippen LogP contribution in [0.4, 0.5) is 0 Å². The van der Waals surface area contributed by atoms with E-state index in [1.807, 2.05) is 0 Å². The van der Waals surface area contributed by atoms with E-state index < -0.39 is 5.54 Å². The third-order valence-corrected chi connectivity index (χ3v) is 4.85. The van der Waals surface area contributed by atoms with Crippen molar-refractivity contribution in [2.45, 2.75) is 63.5 Å². The Hall–Kier alpha value is -1.12. The van der Waals surface area contributed by atoms with E-state index in [4.69, 9.17) is 0 Å². The number of carbonyl (C=O) groups is 1. The van der Waals surface area contributed by atoms with E-state index in [2.05, 4.69) is 28.5 Å². The van der Waals surface area contributed by atoms with E-state index in [0.717, 1.165) is 51.7 Å². The van der Waals surface area contributed by atoms with Crippen LogP contribution in [0, 0.1) is 11.3 Å². The molecule has 118 valence electrons. The smallest absolute Gasteiger partial charge is 0.235 e. The van der Waals surface area contributed by atoms with Crippen LogP contribution in [0.3, 0.4) is 0 Å². The quantitative estimate of drug-likeness (QED) is 0.752. The molecule has 0 aromatic carbocycles. The number of carbonyl (C=O) groups excluding carboxylic acids is 1. The van der Waals surface area contributed by atoms with E-state index in [9.17, 15) is 10.1 Å². The summed E-state index contributed by atoms with van der Waals surface area (Å²) >= 11 is 0. The molecule has 21 heavy (non-hydrogen) atoms. The van der Waals surface area contributed by atoms with Gasteiger partial charge in [-0.3, -0.25) is 9.69 Å². The summed E-state index contributed by atoms with van der Waals surface area (Å²) in [6.07, 6.45) is 7.13. The van der Waals surface area contributed by atoms with Gasteiger partial charge in [0.1, 0.15) is 5.54 Å². The van der Waals surface area contributed by atoms with Crippen LogP contribution < -0.4 is 10.6 Å². The van der Waals surface area contributed by atoms with Crippen molar-refractivity contribution in [2.75, 3.05) is 26.2 Å². The Morgan fingerprint density at radius 3 is 2.62 bits per heavy atom. The topological polar surface area (TPSA) is 68.2 Å². The van der Waals surface area contributed by atoms with Crippen LogP contribution in [-0.2, 0) is 4.79 Å². The predicted octanol–water partition coefficient (Wildman–Crippen LogP) is 1.40. The van der Waals surface area contributed by atoms with Gasteiger partial charge in [-0.15, -0.1) is 0 Å². The maximum Gasteiger partial charge on any atom is 0.235 e. The van der Waals surface area contributed by atoms with Crippen molar-refractivity contribution in [3.8, 4) is 6.07 Å². The van der Waals surface area contributed by atoms with Crippen LogP contribution in [0.2, 0.25) is 0 Å². The van der Waals surface area contributed by atoms with Crippen molar-refractivity contribution in [2.24, 2.45) is 0 Å². The van der Waals surface area contributed by atoms with Crippen LogP contribution in [0.25, 0.3) is 0 Å². The highest BCUT2D eigenvalue weighted by atomic mass is 16.2. The Balaban J connectivity index is 1.90. The van der Waals surface area contributed by atoms with Crippen LogP contribution in [0.5, 0.6) is 0 Å². The zero-order valence-corrected chi connectivity index (χ0v) is 13.2. The fraction of sp³-hybridized carbons (Fsp3) is 0.875. The molecule has 1 aliphatic carbocycles. The number of rotatable bonds is 5. The van der Waals surface area contributed by atoms with Crippen LogP contribution in [-0.4, -0.2) is 48.6 Å². The first kappa shape index (κ1) is 16.3.